The van der Waals surface area contributed by atoms with Crippen molar-refractivity contribution in [2.45, 2.75) is 38.6 Å². The molecule has 0 aliphatic heterocycles. The molecule has 2 rings (SSSR count). The van der Waals surface area contributed by atoms with Gasteiger partial charge in [0.2, 0.25) is 0 Å². The third kappa shape index (κ3) is 6.76. The van der Waals surface area contributed by atoms with Crippen LogP contribution in [0.1, 0.15) is 38.2 Å². The monoisotopic (exact) mass is 387 g/mol. The molecular formula is C22H29NO5. The van der Waals surface area contributed by atoms with E-state index in [1.54, 1.807) is 37.5 Å². The van der Waals surface area contributed by atoms with Crippen LogP contribution in [-0.2, 0) is 14.3 Å². The summed E-state index contributed by atoms with van der Waals surface area (Å²) in [6.07, 6.45) is 8.97. The van der Waals surface area contributed by atoms with Crippen molar-refractivity contribution in [2.75, 3.05) is 20.3 Å². The third-order valence-corrected chi connectivity index (χ3v) is 4.76. The number of methoxy groups -OCH3 is 1. The summed E-state index contributed by atoms with van der Waals surface area (Å²) < 4.78 is 15.8. The highest BCUT2D eigenvalue weighted by atomic mass is 16.5. The molecule has 0 saturated heterocycles. The molecule has 0 spiro atoms. The molecule has 1 N–H and O–H groups in total. The molecule has 2 atom stereocenters. The van der Waals surface area contributed by atoms with Crippen LogP contribution >= 0.6 is 0 Å². The van der Waals surface area contributed by atoms with Gasteiger partial charge in [0.05, 0.1) is 7.11 Å². The number of rotatable bonds is 9. The van der Waals surface area contributed by atoms with E-state index in [0.717, 1.165) is 24.8 Å². The second kappa shape index (κ2) is 11.2. The summed E-state index contributed by atoms with van der Waals surface area (Å²) >= 11 is 0. The Bertz CT molecular complexity index is 713. The predicted octanol–water partition coefficient (Wildman–Crippen LogP) is 3.51. The lowest BCUT2D eigenvalue weighted by Crippen LogP contribution is -2.42. The zero-order valence-corrected chi connectivity index (χ0v) is 16.6. The number of ether oxygens (including phenoxy) is 3. The molecule has 152 valence electrons. The minimum Gasteiger partial charge on any atom is -0.493 e. The summed E-state index contributed by atoms with van der Waals surface area (Å²) in [4.78, 5) is 23.9. The molecule has 1 aliphatic carbocycles. The highest BCUT2D eigenvalue weighted by molar-refractivity contribution is 5.89. The van der Waals surface area contributed by atoms with Crippen molar-refractivity contribution in [3.8, 4) is 11.5 Å². The van der Waals surface area contributed by atoms with Crippen LogP contribution in [0.5, 0.6) is 11.5 Å². The highest BCUT2D eigenvalue weighted by Crippen LogP contribution is 2.28. The van der Waals surface area contributed by atoms with Crippen molar-refractivity contribution in [1.29, 1.82) is 0 Å². The molecule has 1 saturated carbocycles. The van der Waals surface area contributed by atoms with Gasteiger partial charge in [0, 0.05) is 12.1 Å². The molecule has 1 aromatic rings. The molecule has 0 unspecified atom stereocenters. The average molecular weight is 387 g/mol. The van der Waals surface area contributed by atoms with Crippen LogP contribution in [0, 0.1) is 5.92 Å². The lowest BCUT2D eigenvalue weighted by Gasteiger charge is -2.29. The Morgan fingerprint density at radius 3 is 2.75 bits per heavy atom. The summed E-state index contributed by atoms with van der Waals surface area (Å²) in [7, 11) is 1.55. The molecule has 0 heterocycles. The first kappa shape index (κ1) is 21.5. The van der Waals surface area contributed by atoms with Gasteiger partial charge in [-0.05, 0) is 42.5 Å². The van der Waals surface area contributed by atoms with E-state index in [0.29, 0.717) is 24.0 Å². The molecule has 0 radical (unpaired) electrons. The summed E-state index contributed by atoms with van der Waals surface area (Å²) in [5.74, 6) is 0.777. The minimum atomic E-state index is -0.571. The number of carbonyl (C=O) groups excluding carboxylic acids is 2. The van der Waals surface area contributed by atoms with E-state index >= 15 is 0 Å². The molecule has 6 heteroatoms. The topological polar surface area (TPSA) is 73.9 Å². The van der Waals surface area contributed by atoms with Crippen LogP contribution in [0.25, 0.3) is 6.08 Å². The smallest absolute Gasteiger partial charge is 0.331 e. The van der Waals surface area contributed by atoms with Crippen LogP contribution in [0.2, 0.25) is 0 Å². The molecule has 1 aliphatic rings. The van der Waals surface area contributed by atoms with Gasteiger partial charge in [0.1, 0.15) is 6.61 Å². The summed E-state index contributed by atoms with van der Waals surface area (Å²) in [5.41, 5.74) is 0.750. The zero-order chi connectivity index (χ0) is 20.4. The first-order chi connectivity index (χ1) is 13.5. The number of hydrogen-bond donors (Lipinski definition) is 1. The molecule has 1 aromatic carbocycles. The van der Waals surface area contributed by atoms with Gasteiger partial charge in [-0.15, -0.1) is 0 Å². The fourth-order valence-electron chi connectivity index (χ4n) is 3.18. The Hall–Kier alpha value is -2.76. The van der Waals surface area contributed by atoms with E-state index in [1.165, 1.54) is 12.5 Å². The summed E-state index contributed by atoms with van der Waals surface area (Å²) in [6.45, 7) is 5.85. The maximum absolute atomic E-state index is 12.0. The fourth-order valence-corrected chi connectivity index (χ4v) is 3.18. The highest BCUT2D eigenvalue weighted by Gasteiger charge is 2.22. The average Bonchev–Trinajstić information content (AvgIpc) is 2.71. The summed E-state index contributed by atoms with van der Waals surface area (Å²) in [5, 5.41) is 2.96. The first-order valence-electron chi connectivity index (χ1n) is 9.59. The van der Waals surface area contributed by atoms with Crippen LogP contribution in [0.15, 0.2) is 36.9 Å². The number of esters is 1. The molecule has 0 aromatic heterocycles. The maximum Gasteiger partial charge on any atom is 0.331 e. The maximum atomic E-state index is 12.0. The Balaban J connectivity index is 1.82. The van der Waals surface area contributed by atoms with Crippen LogP contribution in [0.4, 0.5) is 0 Å². The number of benzene rings is 1. The number of nitrogens with one attached hydrogen (secondary N) is 1. The standard InChI is InChI=1S/C22H29NO5/c1-4-13-27-19-11-9-17(14-20(19)26-3)10-12-22(25)28-15-21(24)23-18-8-6-5-7-16(18)2/h4,9-12,14,16,18H,1,5-8,13,15H2,2-3H3,(H,23,24)/b12-10+/t16-,18+/m0/s1. The molecule has 1 amide bonds. The van der Waals surface area contributed by atoms with Crippen molar-refractivity contribution >= 4 is 18.0 Å². The Morgan fingerprint density at radius 1 is 1.25 bits per heavy atom. The SMILES string of the molecule is C=CCOc1ccc(/C=C/C(=O)OCC(=O)N[C@@H]2CCCC[C@@H]2C)cc1OC. The summed E-state index contributed by atoms with van der Waals surface area (Å²) in [6, 6.07) is 5.47. The van der Waals surface area contributed by atoms with Crippen LogP contribution in [0.3, 0.4) is 0 Å². The molecule has 0 bridgehead atoms. The predicted molar refractivity (Wildman–Crippen MR) is 108 cm³/mol. The lowest BCUT2D eigenvalue weighted by molar-refractivity contribution is -0.144. The van der Waals surface area contributed by atoms with Gasteiger partial charge in [-0.1, -0.05) is 38.5 Å². The van der Waals surface area contributed by atoms with Gasteiger partial charge in [-0.2, -0.15) is 0 Å². The molecular weight excluding hydrogens is 358 g/mol. The number of carbonyl (C=O) groups is 2. The van der Waals surface area contributed by atoms with Crippen LogP contribution in [-0.4, -0.2) is 38.2 Å². The lowest BCUT2D eigenvalue weighted by atomic mass is 9.86. The quantitative estimate of drug-likeness (QED) is 0.399. The number of amides is 1. The van der Waals surface area contributed by atoms with E-state index in [4.69, 9.17) is 14.2 Å². The van der Waals surface area contributed by atoms with E-state index in [-0.39, 0.29) is 18.6 Å². The van der Waals surface area contributed by atoms with Crippen molar-refractivity contribution < 1.29 is 23.8 Å². The van der Waals surface area contributed by atoms with Crippen molar-refractivity contribution in [3.05, 3.63) is 42.5 Å². The fraction of sp³-hybridized carbons (Fsp3) is 0.455. The second-order valence-electron chi connectivity index (χ2n) is 6.89. The minimum absolute atomic E-state index is 0.171. The third-order valence-electron chi connectivity index (χ3n) is 4.76. The largest absolute Gasteiger partial charge is 0.493 e. The van der Waals surface area contributed by atoms with Gasteiger partial charge >= 0.3 is 5.97 Å². The van der Waals surface area contributed by atoms with Crippen molar-refractivity contribution in [1.82, 2.24) is 5.32 Å². The van der Waals surface area contributed by atoms with E-state index in [9.17, 15) is 9.59 Å². The van der Waals surface area contributed by atoms with E-state index in [2.05, 4.69) is 18.8 Å². The van der Waals surface area contributed by atoms with Crippen LogP contribution < -0.4 is 14.8 Å². The Labute approximate surface area is 166 Å². The van der Waals surface area contributed by atoms with E-state index < -0.39 is 5.97 Å². The second-order valence-corrected chi connectivity index (χ2v) is 6.89. The van der Waals surface area contributed by atoms with E-state index in [1.807, 2.05) is 0 Å². The first-order valence-corrected chi connectivity index (χ1v) is 9.59. The Morgan fingerprint density at radius 2 is 2.04 bits per heavy atom. The zero-order valence-electron chi connectivity index (χ0n) is 16.6. The molecule has 1 fully saturated rings. The van der Waals surface area contributed by atoms with Crippen molar-refractivity contribution in [2.24, 2.45) is 5.92 Å². The van der Waals surface area contributed by atoms with Gasteiger partial charge < -0.3 is 19.5 Å². The normalized spacial score (nSPS) is 19.1. The van der Waals surface area contributed by atoms with Gasteiger partial charge in [0.15, 0.2) is 18.1 Å². The molecule has 6 nitrogen and oxygen atoms in total. The van der Waals surface area contributed by atoms with Gasteiger partial charge in [-0.3, -0.25) is 4.79 Å². The van der Waals surface area contributed by atoms with Crippen molar-refractivity contribution in [3.63, 3.8) is 0 Å². The Kier molecular flexibility index (Phi) is 8.59. The van der Waals surface area contributed by atoms with Gasteiger partial charge in [-0.25, -0.2) is 4.79 Å². The number of hydrogen-bond acceptors (Lipinski definition) is 5. The molecule has 28 heavy (non-hydrogen) atoms. The van der Waals surface area contributed by atoms with Gasteiger partial charge in [0.25, 0.3) is 5.91 Å².